The number of anilines is 2. The normalized spacial score (nSPS) is 14.9. The Labute approximate surface area is 126 Å². The van der Waals surface area contributed by atoms with Crippen LogP contribution in [0, 0.1) is 10.1 Å². The number of para-hydroxylation sites is 2. The zero-order valence-electron chi connectivity index (χ0n) is 11.8. The number of phenols is 1. The molecule has 2 heterocycles. The molecule has 8 heteroatoms. The van der Waals surface area contributed by atoms with Gasteiger partial charge in [-0.25, -0.2) is 9.97 Å². The van der Waals surface area contributed by atoms with E-state index in [9.17, 15) is 15.2 Å². The highest BCUT2D eigenvalue weighted by Crippen LogP contribution is 2.27. The summed E-state index contributed by atoms with van der Waals surface area (Å²) in [4.78, 5) is 22.2. The van der Waals surface area contributed by atoms with Gasteiger partial charge >= 0.3 is 5.69 Å². The summed E-state index contributed by atoms with van der Waals surface area (Å²) in [6.07, 6.45) is 2.44. The fraction of sp³-hybridized carbons (Fsp3) is 0.286. The molecule has 0 amide bonds. The molecule has 1 saturated heterocycles. The second kappa shape index (κ2) is 5.84. The van der Waals surface area contributed by atoms with Crippen LogP contribution in [0.5, 0.6) is 5.75 Å². The number of aromatic nitrogens is 2. The van der Waals surface area contributed by atoms with E-state index in [1.165, 1.54) is 12.4 Å². The molecule has 1 fully saturated rings. The highest BCUT2D eigenvalue weighted by Gasteiger charge is 2.21. The van der Waals surface area contributed by atoms with Gasteiger partial charge in [-0.3, -0.25) is 10.1 Å². The summed E-state index contributed by atoms with van der Waals surface area (Å²) < 4.78 is 0. The molecule has 2 aromatic rings. The van der Waals surface area contributed by atoms with Gasteiger partial charge in [0.15, 0.2) is 0 Å². The van der Waals surface area contributed by atoms with Crippen LogP contribution in [0.25, 0.3) is 0 Å². The standard InChI is InChI=1S/C14H15N5O3/c20-13-4-2-1-3-12(13)17-5-7-18(8-6-17)14-15-9-11(10-16-14)19(21)22/h1-4,9-10,20H,5-8H2. The van der Waals surface area contributed by atoms with Crippen LogP contribution < -0.4 is 9.80 Å². The lowest BCUT2D eigenvalue weighted by atomic mass is 10.2. The van der Waals surface area contributed by atoms with Crippen LogP contribution in [0.2, 0.25) is 0 Å². The topological polar surface area (TPSA) is 95.6 Å². The predicted molar refractivity (Wildman–Crippen MR) is 81.2 cm³/mol. The molecule has 1 aromatic carbocycles. The molecule has 1 aliphatic heterocycles. The number of phenolic OH excluding ortho intramolecular Hbond substituents is 1. The molecule has 22 heavy (non-hydrogen) atoms. The number of hydrogen-bond acceptors (Lipinski definition) is 7. The second-order valence-electron chi connectivity index (χ2n) is 4.96. The minimum absolute atomic E-state index is 0.114. The summed E-state index contributed by atoms with van der Waals surface area (Å²) in [6.45, 7) is 2.81. The van der Waals surface area contributed by atoms with E-state index < -0.39 is 4.92 Å². The molecule has 0 atom stereocenters. The number of aromatic hydroxyl groups is 1. The molecule has 0 aliphatic carbocycles. The average molecular weight is 301 g/mol. The van der Waals surface area contributed by atoms with Gasteiger partial charge in [0.05, 0.1) is 10.6 Å². The predicted octanol–water partition coefficient (Wildman–Crippen LogP) is 1.42. The average Bonchev–Trinajstić information content (AvgIpc) is 2.56. The lowest BCUT2D eigenvalue weighted by molar-refractivity contribution is -0.385. The van der Waals surface area contributed by atoms with Crippen LogP contribution in [0.3, 0.4) is 0 Å². The molecule has 1 N–H and O–H groups in total. The van der Waals surface area contributed by atoms with Gasteiger partial charge in [0.1, 0.15) is 18.1 Å². The van der Waals surface area contributed by atoms with E-state index in [0.29, 0.717) is 19.0 Å². The van der Waals surface area contributed by atoms with Crippen LogP contribution in [0.1, 0.15) is 0 Å². The van der Waals surface area contributed by atoms with Gasteiger partial charge in [0.2, 0.25) is 5.95 Å². The third kappa shape index (κ3) is 2.76. The molecule has 8 nitrogen and oxygen atoms in total. The largest absolute Gasteiger partial charge is 0.506 e. The molecule has 0 saturated carbocycles. The van der Waals surface area contributed by atoms with Crippen LogP contribution in [-0.2, 0) is 0 Å². The van der Waals surface area contributed by atoms with E-state index in [2.05, 4.69) is 14.9 Å². The zero-order valence-corrected chi connectivity index (χ0v) is 11.8. The number of benzene rings is 1. The van der Waals surface area contributed by atoms with Gasteiger partial charge in [0, 0.05) is 26.2 Å². The third-order valence-electron chi connectivity index (χ3n) is 3.62. The maximum absolute atomic E-state index is 10.6. The smallest absolute Gasteiger partial charge is 0.305 e. The van der Waals surface area contributed by atoms with E-state index in [4.69, 9.17) is 0 Å². The molecule has 3 rings (SSSR count). The Balaban J connectivity index is 1.66. The van der Waals surface area contributed by atoms with Crippen molar-refractivity contribution in [2.24, 2.45) is 0 Å². The monoisotopic (exact) mass is 301 g/mol. The van der Waals surface area contributed by atoms with Crippen LogP contribution in [0.15, 0.2) is 36.7 Å². The van der Waals surface area contributed by atoms with Crippen LogP contribution in [0.4, 0.5) is 17.3 Å². The molecule has 0 unspecified atom stereocenters. The number of nitro groups is 1. The quantitative estimate of drug-likeness (QED) is 0.676. The minimum atomic E-state index is -0.514. The van der Waals surface area contributed by atoms with Gasteiger partial charge in [0.25, 0.3) is 0 Å². The van der Waals surface area contributed by atoms with Crippen molar-refractivity contribution in [1.82, 2.24) is 9.97 Å². The van der Waals surface area contributed by atoms with Crippen molar-refractivity contribution < 1.29 is 10.0 Å². The maximum Gasteiger partial charge on any atom is 0.305 e. The van der Waals surface area contributed by atoms with Crippen LogP contribution >= 0.6 is 0 Å². The van der Waals surface area contributed by atoms with E-state index in [0.717, 1.165) is 18.8 Å². The summed E-state index contributed by atoms with van der Waals surface area (Å²) in [6, 6.07) is 7.23. The lowest BCUT2D eigenvalue weighted by Crippen LogP contribution is -2.47. The molecular formula is C14H15N5O3. The first-order chi connectivity index (χ1) is 10.6. The van der Waals surface area contributed by atoms with Crippen molar-refractivity contribution in [2.45, 2.75) is 0 Å². The van der Waals surface area contributed by atoms with Crippen molar-refractivity contribution >= 4 is 17.3 Å². The summed E-state index contributed by atoms with van der Waals surface area (Å²) in [5, 5.41) is 20.5. The Hall–Kier alpha value is -2.90. The first-order valence-electron chi connectivity index (χ1n) is 6.89. The van der Waals surface area contributed by atoms with Gasteiger partial charge in [-0.2, -0.15) is 0 Å². The third-order valence-corrected chi connectivity index (χ3v) is 3.62. The van der Waals surface area contributed by atoms with E-state index in [1.807, 2.05) is 17.0 Å². The SMILES string of the molecule is O=[N+]([O-])c1cnc(N2CCN(c3ccccc3O)CC2)nc1. The van der Waals surface area contributed by atoms with Crippen molar-refractivity contribution in [1.29, 1.82) is 0 Å². The Bertz CT molecular complexity index is 668. The van der Waals surface area contributed by atoms with Gasteiger partial charge in [-0.05, 0) is 12.1 Å². The van der Waals surface area contributed by atoms with Crippen LogP contribution in [-0.4, -0.2) is 46.2 Å². The molecule has 114 valence electrons. The molecule has 0 bridgehead atoms. The first-order valence-corrected chi connectivity index (χ1v) is 6.89. The minimum Gasteiger partial charge on any atom is -0.506 e. The van der Waals surface area contributed by atoms with Crippen molar-refractivity contribution in [3.05, 3.63) is 46.8 Å². The summed E-state index contributed by atoms with van der Waals surface area (Å²) in [5.74, 6) is 0.755. The fourth-order valence-electron chi connectivity index (χ4n) is 2.45. The van der Waals surface area contributed by atoms with Gasteiger partial charge < -0.3 is 14.9 Å². The summed E-state index contributed by atoms with van der Waals surface area (Å²) >= 11 is 0. The second-order valence-corrected chi connectivity index (χ2v) is 4.96. The maximum atomic E-state index is 10.6. The lowest BCUT2D eigenvalue weighted by Gasteiger charge is -2.36. The molecule has 0 radical (unpaired) electrons. The van der Waals surface area contributed by atoms with Crippen molar-refractivity contribution in [3.8, 4) is 5.75 Å². The van der Waals surface area contributed by atoms with E-state index >= 15 is 0 Å². The van der Waals surface area contributed by atoms with Crippen molar-refractivity contribution in [2.75, 3.05) is 36.0 Å². The Morgan fingerprint density at radius 3 is 2.23 bits per heavy atom. The Morgan fingerprint density at radius 2 is 1.64 bits per heavy atom. The summed E-state index contributed by atoms with van der Waals surface area (Å²) in [7, 11) is 0. The number of nitrogens with zero attached hydrogens (tertiary/aromatic N) is 5. The number of piperazine rings is 1. The van der Waals surface area contributed by atoms with E-state index in [1.54, 1.807) is 12.1 Å². The van der Waals surface area contributed by atoms with Gasteiger partial charge in [-0.1, -0.05) is 12.1 Å². The Kier molecular flexibility index (Phi) is 3.73. The van der Waals surface area contributed by atoms with E-state index in [-0.39, 0.29) is 11.4 Å². The zero-order chi connectivity index (χ0) is 15.5. The summed E-state index contributed by atoms with van der Waals surface area (Å²) in [5.41, 5.74) is 0.698. The molecule has 0 spiro atoms. The molecular weight excluding hydrogens is 286 g/mol. The van der Waals surface area contributed by atoms with Crippen molar-refractivity contribution in [3.63, 3.8) is 0 Å². The fourth-order valence-corrected chi connectivity index (χ4v) is 2.45. The number of hydrogen-bond donors (Lipinski definition) is 1. The first kappa shape index (κ1) is 14.1. The molecule has 1 aromatic heterocycles. The highest BCUT2D eigenvalue weighted by atomic mass is 16.6. The Morgan fingerprint density at radius 1 is 1.05 bits per heavy atom. The van der Waals surface area contributed by atoms with Gasteiger partial charge in [-0.15, -0.1) is 0 Å². The number of rotatable bonds is 3. The highest BCUT2D eigenvalue weighted by molar-refractivity contribution is 5.58. The molecule has 1 aliphatic rings.